The lowest BCUT2D eigenvalue weighted by Gasteiger charge is -2.20. The Bertz CT molecular complexity index is 649. The molecule has 5 radical (unpaired) electrons. The Kier molecular flexibility index (Phi) is 5.70. The molecule has 23 heavy (non-hydrogen) atoms. The molecule has 5 heteroatoms. The zero-order chi connectivity index (χ0) is 16.1. The van der Waals surface area contributed by atoms with Crippen LogP contribution in [0, 0.1) is 31.1 Å². The van der Waals surface area contributed by atoms with E-state index in [1.54, 1.807) is 6.20 Å². The first kappa shape index (κ1) is 16.5. The number of anilines is 1. The Labute approximate surface area is 142 Å². The summed E-state index contributed by atoms with van der Waals surface area (Å²) in [4.78, 5) is 4.36. The van der Waals surface area contributed by atoms with Crippen molar-refractivity contribution in [3.8, 4) is 0 Å². The van der Waals surface area contributed by atoms with E-state index in [9.17, 15) is 0 Å². The quantitative estimate of drug-likeness (QED) is 0.684. The number of halogens is 1. The minimum atomic E-state index is 0.153. The fourth-order valence-electron chi connectivity index (χ4n) is 2.61. The van der Waals surface area contributed by atoms with Gasteiger partial charge in [0.25, 0.3) is 0 Å². The second kappa shape index (κ2) is 7.95. The Balaban J connectivity index is 1.63. The molecule has 1 aliphatic rings. The minimum absolute atomic E-state index is 0.153. The number of aliphatic hydroxyl groups excluding tert-OH is 1. The van der Waals surface area contributed by atoms with Gasteiger partial charge in [0.05, 0.1) is 12.1 Å². The molecule has 0 spiro atoms. The van der Waals surface area contributed by atoms with Gasteiger partial charge >= 0.3 is 0 Å². The number of hydrogen-bond donors (Lipinski definition) is 3. The number of aliphatic hydroxyl groups is 1. The highest BCUT2D eigenvalue weighted by Crippen LogP contribution is 2.33. The normalized spacial score (nSPS) is 16.3. The van der Waals surface area contributed by atoms with Crippen molar-refractivity contribution in [2.45, 2.75) is 0 Å². The van der Waals surface area contributed by atoms with Crippen LogP contribution in [0.3, 0.4) is 0 Å². The van der Waals surface area contributed by atoms with Gasteiger partial charge in [0.15, 0.2) is 0 Å². The van der Waals surface area contributed by atoms with Gasteiger partial charge in [0.2, 0.25) is 0 Å². The molecule has 0 aliphatic heterocycles. The highest BCUT2D eigenvalue weighted by atomic mass is 35.5. The van der Waals surface area contributed by atoms with Crippen molar-refractivity contribution >= 4 is 28.2 Å². The molecular formula is C18H19ClN3O. The van der Waals surface area contributed by atoms with Crippen LogP contribution in [-0.2, 0) is 0 Å². The molecule has 1 heterocycles. The highest BCUT2D eigenvalue weighted by Gasteiger charge is 2.28. The van der Waals surface area contributed by atoms with Crippen LogP contribution < -0.4 is 10.6 Å². The molecular weight excluding hydrogens is 310 g/mol. The molecule has 0 unspecified atom stereocenters. The molecule has 2 aromatic rings. The van der Waals surface area contributed by atoms with Crippen molar-refractivity contribution in [3.63, 3.8) is 0 Å². The van der Waals surface area contributed by atoms with Crippen molar-refractivity contribution in [2.24, 2.45) is 0 Å². The third-order valence-corrected chi connectivity index (χ3v) is 4.02. The Hall–Kier alpha value is -1.36. The van der Waals surface area contributed by atoms with Gasteiger partial charge < -0.3 is 15.7 Å². The molecule has 0 atom stereocenters. The van der Waals surface area contributed by atoms with Crippen molar-refractivity contribution in [1.82, 2.24) is 10.3 Å². The molecule has 1 aromatic carbocycles. The average Bonchev–Trinajstić information content (AvgIpc) is 3.00. The fourth-order valence-corrected chi connectivity index (χ4v) is 2.77. The van der Waals surface area contributed by atoms with Crippen LogP contribution in [0.1, 0.15) is 0 Å². The number of benzene rings is 1. The lowest BCUT2D eigenvalue weighted by Crippen LogP contribution is -2.28. The molecule has 3 rings (SSSR count). The summed E-state index contributed by atoms with van der Waals surface area (Å²) in [6, 6.07) is 7.71. The van der Waals surface area contributed by atoms with E-state index in [0.717, 1.165) is 29.7 Å². The summed E-state index contributed by atoms with van der Waals surface area (Å²) in [7, 11) is 0. The van der Waals surface area contributed by atoms with Crippen LogP contribution in [0.5, 0.6) is 0 Å². The van der Waals surface area contributed by atoms with Crippen LogP contribution in [-0.4, -0.2) is 36.3 Å². The van der Waals surface area contributed by atoms with Gasteiger partial charge in [-0.1, -0.05) is 11.6 Å². The van der Waals surface area contributed by atoms with E-state index in [4.69, 9.17) is 16.7 Å². The molecule has 0 amide bonds. The Morgan fingerprint density at radius 1 is 1.09 bits per heavy atom. The van der Waals surface area contributed by atoms with E-state index in [-0.39, 0.29) is 6.61 Å². The summed E-state index contributed by atoms with van der Waals surface area (Å²) >= 11 is 6.03. The molecule has 119 valence electrons. The minimum Gasteiger partial charge on any atom is -0.395 e. The third-order valence-electron chi connectivity index (χ3n) is 3.79. The number of nitrogens with zero attached hydrogens (tertiary/aromatic N) is 1. The van der Waals surface area contributed by atoms with Gasteiger partial charge in [-0.2, -0.15) is 0 Å². The molecule has 0 saturated heterocycles. The van der Waals surface area contributed by atoms with Crippen LogP contribution in [0.2, 0.25) is 5.02 Å². The largest absolute Gasteiger partial charge is 0.395 e. The number of pyridine rings is 1. The highest BCUT2D eigenvalue weighted by molar-refractivity contribution is 6.31. The van der Waals surface area contributed by atoms with E-state index < -0.39 is 0 Å². The summed E-state index contributed by atoms with van der Waals surface area (Å²) in [6.45, 7) is 2.26. The van der Waals surface area contributed by atoms with E-state index in [1.807, 2.05) is 24.3 Å². The summed E-state index contributed by atoms with van der Waals surface area (Å²) < 4.78 is 0. The maximum atomic E-state index is 8.85. The molecule has 4 nitrogen and oxygen atoms in total. The average molecular weight is 329 g/mol. The van der Waals surface area contributed by atoms with Crippen molar-refractivity contribution in [1.29, 1.82) is 0 Å². The topological polar surface area (TPSA) is 57.2 Å². The van der Waals surface area contributed by atoms with Crippen molar-refractivity contribution in [3.05, 3.63) is 66.6 Å². The van der Waals surface area contributed by atoms with Crippen molar-refractivity contribution in [2.75, 3.05) is 31.6 Å². The van der Waals surface area contributed by atoms with Gasteiger partial charge in [0, 0.05) is 53.8 Å². The number of fused-ring (bicyclic) bond motifs is 1. The van der Waals surface area contributed by atoms with Gasteiger partial charge in [-0.3, -0.25) is 4.98 Å². The monoisotopic (exact) mass is 328 g/mol. The van der Waals surface area contributed by atoms with Crippen LogP contribution in [0.15, 0.2) is 30.5 Å². The number of hydrogen-bond acceptors (Lipinski definition) is 4. The smallest absolute Gasteiger partial charge is 0.0737 e. The summed E-state index contributed by atoms with van der Waals surface area (Å²) in [5.41, 5.74) is 1.93. The third kappa shape index (κ3) is 4.14. The van der Waals surface area contributed by atoms with E-state index in [1.165, 1.54) is 11.8 Å². The summed E-state index contributed by atoms with van der Waals surface area (Å²) in [5.74, 6) is 2.49. The van der Waals surface area contributed by atoms with E-state index >= 15 is 0 Å². The standard InChI is InChI=1S/C18H19ClN3O/c19-15-4-5-16-17(6-7-21-18(16)10-15)22-12-14-3-1-2-13(14)11-20-8-9-23/h1-7,10,20,23H,8-9,11-12H2,(H,21,22). The van der Waals surface area contributed by atoms with Crippen molar-refractivity contribution < 1.29 is 5.11 Å². The first-order valence-electron chi connectivity index (χ1n) is 7.61. The predicted molar refractivity (Wildman–Crippen MR) is 94.6 cm³/mol. The second-order valence-electron chi connectivity index (χ2n) is 5.35. The molecule has 1 saturated carbocycles. The van der Waals surface area contributed by atoms with Gasteiger partial charge in [-0.15, -0.1) is 0 Å². The molecule has 1 fully saturated rings. The maximum absolute atomic E-state index is 8.85. The zero-order valence-corrected chi connectivity index (χ0v) is 13.5. The van der Waals surface area contributed by atoms with E-state index in [0.29, 0.717) is 11.6 Å². The summed E-state index contributed by atoms with van der Waals surface area (Å²) in [5, 5.41) is 17.3. The van der Waals surface area contributed by atoms with Gasteiger partial charge in [-0.25, -0.2) is 0 Å². The van der Waals surface area contributed by atoms with Gasteiger partial charge in [0.1, 0.15) is 0 Å². The summed E-state index contributed by atoms with van der Waals surface area (Å²) in [6.07, 6.45) is 8.06. The Morgan fingerprint density at radius 2 is 1.91 bits per heavy atom. The Morgan fingerprint density at radius 3 is 2.74 bits per heavy atom. The first-order valence-corrected chi connectivity index (χ1v) is 7.99. The molecule has 3 N–H and O–H groups in total. The SMILES string of the molecule is OCCNC[C]1[CH][CH][CH][C]1CNc1ccnc2cc(Cl)ccc12. The van der Waals surface area contributed by atoms with E-state index in [2.05, 4.69) is 34.9 Å². The maximum Gasteiger partial charge on any atom is 0.0737 e. The number of rotatable bonds is 7. The van der Waals surface area contributed by atoms with Crippen LogP contribution in [0.4, 0.5) is 5.69 Å². The second-order valence-corrected chi connectivity index (χ2v) is 5.79. The molecule has 1 aliphatic carbocycles. The zero-order valence-electron chi connectivity index (χ0n) is 12.7. The van der Waals surface area contributed by atoms with Gasteiger partial charge in [-0.05, 0) is 43.5 Å². The molecule has 0 bridgehead atoms. The van der Waals surface area contributed by atoms with Crippen LogP contribution >= 0.6 is 11.6 Å². The first-order chi connectivity index (χ1) is 11.3. The molecule has 1 aromatic heterocycles. The fraction of sp³-hybridized carbons (Fsp3) is 0.222. The lowest BCUT2D eigenvalue weighted by atomic mass is 9.95. The predicted octanol–water partition coefficient (Wildman–Crippen LogP) is 2.66. The number of aromatic nitrogens is 1. The lowest BCUT2D eigenvalue weighted by molar-refractivity contribution is 0.293. The number of nitrogens with one attached hydrogen (secondary N) is 2. The van der Waals surface area contributed by atoms with Crippen LogP contribution in [0.25, 0.3) is 10.9 Å².